The van der Waals surface area contributed by atoms with Crippen LogP contribution < -0.4 is 10.6 Å². The van der Waals surface area contributed by atoms with Gasteiger partial charge in [-0.3, -0.25) is 9.59 Å². The van der Waals surface area contributed by atoms with Gasteiger partial charge >= 0.3 is 0 Å². The van der Waals surface area contributed by atoms with Crippen LogP contribution in [0.15, 0.2) is 59.6 Å². The minimum Gasteiger partial charge on any atom is -0.322 e. The van der Waals surface area contributed by atoms with Gasteiger partial charge in [0.05, 0.1) is 11.1 Å². The van der Waals surface area contributed by atoms with E-state index in [0.717, 1.165) is 16.5 Å². The second kappa shape index (κ2) is 7.37. The van der Waals surface area contributed by atoms with E-state index in [2.05, 4.69) is 20.6 Å². The number of carbonyl (C=O) groups excluding carboxylic acids is 2. The molecule has 2 amide bonds. The molecule has 0 saturated carbocycles. The minimum atomic E-state index is -0.895. The Morgan fingerprint density at radius 3 is 2.47 bits per heavy atom. The largest absolute Gasteiger partial charge is 0.322 e. The van der Waals surface area contributed by atoms with E-state index in [0.29, 0.717) is 22.8 Å². The summed E-state index contributed by atoms with van der Waals surface area (Å²) in [6.07, 6.45) is 0. The summed E-state index contributed by atoms with van der Waals surface area (Å²) in [7, 11) is 0. The van der Waals surface area contributed by atoms with Crippen molar-refractivity contribution in [3.8, 4) is 0 Å². The van der Waals surface area contributed by atoms with Crippen LogP contribution in [-0.4, -0.2) is 28.2 Å². The monoisotopic (exact) mass is 400 g/mol. The summed E-state index contributed by atoms with van der Waals surface area (Å²) in [4.78, 5) is 35.2. The fraction of sp³-hybridized carbons (Fsp3) is 0.250. The smallest absolute Gasteiger partial charge is 0.258 e. The lowest BCUT2D eigenvalue weighted by Gasteiger charge is -2.21. The van der Waals surface area contributed by atoms with Crippen molar-refractivity contribution in [3.63, 3.8) is 0 Å². The Labute approximate surface area is 175 Å². The summed E-state index contributed by atoms with van der Waals surface area (Å²) in [5, 5.41) is 6.60. The number of fused-ring (bicyclic) bond motifs is 1. The molecule has 2 N–H and O–H groups in total. The number of carbonyl (C=O) groups is 2. The van der Waals surface area contributed by atoms with Gasteiger partial charge in [0.25, 0.3) is 11.8 Å². The number of amidine groups is 1. The lowest BCUT2D eigenvalue weighted by Crippen LogP contribution is -2.41. The molecule has 0 bridgehead atoms. The van der Waals surface area contributed by atoms with Gasteiger partial charge in [-0.2, -0.15) is 0 Å². The van der Waals surface area contributed by atoms with Crippen molar-refractivity contribution in [2.24, 2.45) is 10.9 Å². The molecule has 0 unspecified atom stereocenters. The van der Waals surface area contributed by atoms with E-state index < -0.39 is 5.54 Å². The van der Waals surface area contributed by atoms with Crippen molar-refractivity contribution in [3.05, 3.63) is 71.4 Å². The molecular weight excluding hydrogens is 376 g/mol. The van der Waals surface area contributed by atoms with Gasteiger partial charge in [0.1, 0.15) is 11.2 Å². The summed E-state index contributed by atoms with van der Waals surface area (Å²) >= 11 is 0. The Morgan fingerprint density at radius 1 is 1.10 bits per heavy atom. The number of aryl methyl sites for hydroxylation is 1. The van der Waals surface area contributed by atoms with E-state index in [1.165, 1.54) is 0 Å². The second-order valence-corrected chi connectivity index (χ2v) is 8.11. The van der Waals surface area contributed by atoms with E-state index in [9.17, 15) is 9.59 Å². The molecule has 0 saturated heterocycles. The zero-order chi connectivity index (χ0) is 21.5. The fourth-order valence-corrected chi connectivity index (χ4v) is 3.35. The van der Waals surface area contributed by atoms with Gasteiger partial charge in [-0.15, -0.1) is 0 Å². The number of aliphatic imine (C=N–C) groups is 1. The molecule has 2 aromatic carbocycles. The first-order valence-corrected chi connectivity index (χ1v) is 9.97. The number of nitrogens with zero attached hydrogens (tertiary/aromatic N) is 2. The predicted octanol–water partition coefficient (Wildman–Crippen LogP) is 4.09. The third kappa shape index (κ3) is 3.45. The Morgan fingerprint density at radius 2 is 1.80 bits per heavy atom. The first kappa shape index (κ1) is 19.8. The topological polar surface area (TPSA) is 83.5 Å². The van der Waals surface area contributed by atoms with E-state index in [1.807, 2.05) is 69.3 Å². The number of rotatable bonds is 4. The standard InChI is InChI=1S/C24H24N4O2/c1-14(2)24(4)23(30)27-21(28-24)20-18(13-16-7-5-6-8-19(16)26-20)22(29)25-17-11-9-15(3)10-12-17/h5-14H,1-4H3,(H,25,29)(H,27,28,30)/t24-/m0/s1. The van der Waals surface area contributed by atoms with Crippen LogP contribution in [0.1, 0.15) is 42.4 Å². The van der Waals surface area contributed by atoms with Crippen molar-refractivity contribution in [2.75, 3.05) is 5.32 Å². The molecular formula is C24H24N4O2. The number of amides is 2. The van der Waals surface area contributed by atoms with Crippen molar-refractivity contribution in [1.29, 1.82) is 0 Å². The van der Waals surface area contributed by atoms with Crippen molar-refractivity contribution >= 4 is 34.2 Å². The molecule has 6 nitrogen and oxygen atoms in total. The van der Waals surface area contributed by atoms with E-state index in [-0.39, 0.29) is 17.7 Å². The quantitative estimate of drug-likeness (QED) is 0.692. The minimum absolute atomic E-state index is 0.000270. The zero-order valence-corrected chi connectivity index (χ0v) is 17.5. The molecule has 1 aliphatic heterocycles. The second-order valence-electron chi connectivity index (χ2n) is 8.11. The van der Waals surface area contributed by atoms with Crippen LogP contribution in [0.4, 0.5) is 5.69 Å². The lowest BCUT2D eigenvalue weighted by atomic mass is 9.89. The number of nitrogens with one attached hydrogen (secondary N) is 2. The average Bonchev–Trinajstić information content (AvgIpc) is 3.04. The molecule has 1 atom stereocenters. The predicted molar refractivity (Wildman–Crippen MR) is 119 cm³/mol. The molecule has 6 heteroatoms. The van der Waals surface area contributed by atoms with Crippen molar-refractivity contribution < 1.29 is 9.59 Å². The molecule has 3 aromatic rings. The van der Waals surface area contributed by atoms with Gasteiger partial charge in [-0.05, 0) is 44.0 Å². The maximum absolute atomic E-state index is 13.2. The van der Waals surface area contributed by atoms with Crippen LogP contribution in [0.2, 0.25) is 0 Å². The number of benzene rings is 2. The molecule has 1 aliphatic rings. The van der Waals surface area contributed by atoms with E-state index >= 15 is 0 Å². The van der Waals surface area contributed by atoms with Crippen LogP contribution in [0.25, 0.3) is 10.9 Å². The van der Waals surface area contributed by atoms with Gasteiger partial charge in [0.15, 0.2) is 5.84 Å². The van der Waals surface area contributed by atoms with Crippen LogP contribution in [0.5, 0.6) is 0 Å². The van der Waals surface area contributed by atoms with Gasteiger partial charge < -0.3 is 10.6 Å². The summed E-state index contributed by atoms with van der Waals surface area (Å²) in [6, 6.07) is 16.9. The fourth-order valence-electron chi connectivity index (χ4n) is 3.35. The highest BCUT2D eigenvalue weighted by Gasteiger charge is 2.43. The van der Waals surface area contributed by atoms with Crippen LogP contribution >= 0.6 is 0 Å². The highest BCUT2D eigenvalue weighted by Crippen LogP contribution is 2.28. The van der Waals surface area contributed by atoms with E-state index in [4.69, 9.17) is 0 Å². The first-order valence-electron chi connectivity index (χ1n) is 9.97. The van der Waals surface area contributed by atoms with Crippen LogP contribution in [0, 0.1) is 12.8 Å². The first-order chi connectivity index (χ1) is 14.3. The number of para-hydroxylation sites is 1. The molecule has 0 spiro atoms. The highest BCUT2D eigenvalue weighted by atomic mass is 16.2. The summed E-state index contributed by atoms with van der Waals surface area (Å²) in [5.41, 5.74) is 2.37. The molecule has 4 rings (SSSR count). The SMILES string of the molecule is Cc1ccc(NC(=O)c2cc3ccccc3nc2C2=N[C@@](C)(C(C)C)C(=O)N2)cc1. The maximum Gasteiger partial charge on any atom is 0.258 e. The number of hydrogen-bond acceptors (Lipinski definition) is 4. The zero-order valence-electron chi connectivity index (χ0n) is 17.5. The van der Waals surface area contributed by atoms with Crippen molar-refractivity contribution in [2.45, 2.75) is 33.2 Å². The average molecular weight is 400 g/mol. The van der Waals surface area contributed by atoms with Crippen LogP contribution in [0.3, 0.4) is 0 Å². The van der Waals surface area contributed by atoms with E-state index in [1.54, 1.807) is 13.0 Å². The molecule has 0 radical (unpaired) electrons. The third-order valence-electron chi connectivity index (χ3n) is 5.66. The van der Waals surface area contributed by atoms with Gasteiger partial charge in [-0.1, -0.05) is 49.7 Å². The Hall–Kier alpha value is -3.54. The molecule has 2 heterocycles. The molecule has 1 aromatic heterocycles. The maximum atomic E-state index is 13.2. The molecule has 0 aliphatic carbocycles. The third-order valence-corrected chi connectivity index (χ3v) is 5.66. The summed E-state index contributed by atoms with van der Waals surface area (Å²) in [6.45, 7) is 7.69. The molecule has 152 valence electrons. The number of pyridine rings is 1. The number of anilines is 1. The Bertz CT molecular complexity index is 1180. The van der Waals surface area contributed by atoms with Gasteiger partial charge in [-0.25, -0.2) is 9.98 Å². The summed E-state index contributed by atoms with van der Waals surface area (Å²) < 4.78 is 0. The van der Waals surface area contributed by atoms with Gasteiger partial charge in [0, 0.05) is 11.1 Å². The van der Waals surface area contributed by atoms with Crippen molar-refractivity contribution in [1.82, 2.24) is 10.3 Å². The molecule has 0 fully saturated rings. The lowest BCUT2D eigenvalue weighted by molar-refractivity contribution is -0.124. The number of aromatic nitrogens is 1. The number of hydrogen-bond donors (Lipinski definition) is 2. The Balaban J connectivity index is 1.81. The Kier molecular flexibility index (Phi) is 4.86. The van der Waals surface area contributed by atoms with Gasteiger partial charge in [0.2, 0.25) is 0 Å². The summed E-state index contributed by atoms with van der Waals surface area (Å²) in [5.74, 6) is -0.161. The molecule has 30 heavy (non-hydrogen) atoms. The normalized spacial score (nSPS) is 18.4. The van der Waals surface area contributed by atoms with Crippen LogP contribution in [-0.2, 0) is 4.79 Å². The highest BCUT2D eigenvalue weighted by molar-refractivity contribution is 6.20.